The fraction of sp³-hybridized carbons (Fsp3) is 0.308. The molecule has 92 valence electrons. The summed E-state index contributed by atoms with van der Waals surface area (Å²) in [4.78, 5) is 13.2. The van der Waals surface area contributed by atoms with Crippen molar-refractivity contribution in [2.45, 2.75) is 6.92 Å². The van der Waals surface area contributed by atoms with E-state index in [1.807, 2.05) is 0 Å². The molecule has 3 nitrogen and oxygen atoms in total. The van der Waals surface area contributed by atoms with E-state index in [0.29, 0.717) is 24.3 Å². The first-order chi connectivity index (χ1) is 8.10. The highest BCUT2D eigenvalue weighted by Crippen LogP contribution is 2.22. The Labute approximate surface area is 100 Å². The average Bonchev–Trinajstić information content (AvgIpc) is 2.28. The second kappa shape index (κ2) is 6.15. The lowest BCUT2D eigenvalue weighted by Crippen LogP contribution is -2.28. The Morgan fingerprint density at radius 2 is 2.29 bits per heavy atom. The van der Waals surface area contributed by atoms with E-state index < -0.39 is 5.82 Å². The van der Waals surface area contributed by atoms with Crippen LogP contribution in [-0.2, 0) is 0 Å². The molecule has 1 rings (SSSR count). The van der Waals surface area contributed by atoms with Gasteiger partial charge in [-0.3, -0.25) is 4.79 Å². The lowest BCUT2D eigenvalue weighted by molar-refractivity contribution is 0.101. The molecule has 0 unspecified atom stereocenters. The maximum atomic E-state index is 13.1. The molecular formula is C13H16FNO2. The Morgan fingerprint density at radius 1 is 1.59 bits per heavy atom. The third kappa shape index (κ3) is 3.39. The fourth-order valence-electron chi connectivity index (χ4n) is 1.65. The Morgan fingerprint density at radius 3 is 2.82 bits per heavy atom. The van der Waals surface area contributed by atoms with Crippen molar-refractivity contribution in [2.75, 3.05) is 24.6 Å². The van der Waals surface area contributed by atoms with Gasteiger partial charge in [0, 0.05) is 24.3 Å². The van der Waals surface area contributed by atoms with Crippen LogP contribution in [0.3, 0.4) is 0 Å². The second-order valence-electron chi connectivity index (χ2n) is 3.68. The maximum Gasteiger partial charge on any atom is 0.161 e. The van der Waals surface area contributed by atoms with E-state index in [1.54, 1.807) is 17.0 Å². The van der Waals surface area contributed by atoms with Crippen LogP contribution in [0.4, 0.5) is 10.1 Å². The highest BCUT2D eigenvalue weighted by Gasteiger charge is 2.13. The summed E-state index contributed by atoms with van der Waals surface area (Å²) in [6, 6.07) is 4.06. The van der Waals surface area contributed by atoms with Gasteiger partial charge >= 0.3 is 0 Å². The first-order valence-electron chi connectivity index (χ1n) is 5.37. The van der Waals surface area contributed by atoms with Gasteiger partial charge in [0.05, 0.1) is 6.61 Å². The normalized spacial score (nSPS) is 10.1. The van der Waals surface area contributed by atoms with E-state index in [2.05, 4.69) is 6.58 Å². The van der Waals surface area contributed by atoms with Gasteiger partial charge in [-0.2, -0.15) is 0 Å². The third-order valence-corrected chi connectivity index (χ3v) is 2.40. The van der Waals surface area contributed by atoms with E-state index in [-0.39, 0.29) is 12.4 Å². The quantitative estimate of drug-likeness (QED) is 0.608. The predicted octanol–water partition coefficient (Wildman–Crippen LogP) is 2.01. The SMILES string of the molecule is C=CCN(CCO)c1ccc(F)cc1C(C)=O. The number of halogens is 1. The zero-order valence-corrected chi connectivity index (χ0v) is 9.82. The second-order valence-corrected chi connectivity index (χ2v) is 3.68. The number of ketones is 1. The van der Waals surface area contributed by atoms with Gasteiger partial charge in [0.15, 0.2) is 5.78 Å². The molecule has 0 aliphatic heterocycles. The summed E-state index contributed by atoms with van der Waals surface area (Å²) in [5.74, 6) is -0.645. The van der Waals surface area contributed by atoms with Gasteiger partial charge in [-0.25, -0.2) is 4.39 Å². The molecule has 0 atom stereocenters. The van der Waals surface area contributed by atoms with E-state index in [0.717, 1.165) is 0 Å². The maximum absolute atomic E-state index is 13.1. The number of aliphatic hydroxyl groups excluding tert-OH is 1. The highest BCUT2D eigenvalue weighted by molar-refractivity contribution is 5.99. The zero-order valence-electron chi connectivity index (χ0n) is 9.82. The first-order valence-corrected chi connectivity index (χ1v) is 5.37. The number of hydrogen-bond acceptors (Lipinski definition) is 3. The number of benzene rings is 1. The molecule has 0 heterocycles. The molecule has 0 saturated heterocycles. The van der Waals surface area contributed by atoms with Gasteiger partial charge in [-0.1, -0.05) is 6.08 Å². The zero-order chi connectivity index (χ0) is 12.8. The van der Waals surface area contributed by atoms with Crippen molar-refractivity contribution < 1.29 is 14.3 Å². The number of rotatable bonds is 6. The Kier molecular flexibility index (Phi) is 4.84. The van der Waals surface area contributed by atoms with E-state index in [4.69, 9.17) is 5.11 Å². The molecule has 0 fully saturated rings. The summed E-state index contributed by atoms with van der Waals surface area (Å²) in [6.07, 6.45) is 1.67. The summed E-state index contributed by atoms with van der Waals surface area (Å²) < 4.78 is 13.1. The molecule has 1 aromatic rings. The minimum absolute atomic E-state index is 0.0391. The molecule has 0 amide bonds. The lowest BCUT2D eigenvalue weighted by Gasteiger charge is -2.24. The summed E-state index contributed by atoms with van der Waals surface area (Å²) in [6.45, 7) is 5.84. The number of Topliss-reactive ketones (excluding diaryl/α,β-unsaturated/α-hetero) is 1. The molecule has 0 radical (unpaired) electrons. The van der Waals surface area contributed by atoms with E-state index in [1.165, 1.54) is 19.1 Å². The van der Waals surface area contributed by atoms with Gasteiger partial charge in [-0.15, -0.1) is 6.58 Å². The van der Waals surface area contributed by atoms with Crippen molar-refractivity contribution in [1.82, 2.24) is 0 Å². The van der Waals surface area contributed by atoms with Crippen molar-refractivity contribution >= 4 is 11.5 Å². The van der Waals surface area contributed by atoms with Crippen LogP contribution >= 0.6 is 0 Å². The summed E-state index contributed by atoms with van der Waals surface area (Å²) in [5.41, 5.74) is 0.938. The van der Waals surface area contributed by atoms with Crippen LogP contribution in [0.5, 0.6) is 0 Å². The Bertz CT molecular complexity index is 418. The predicted molar refractivity (Wildman–Crippen MR) is 65.9 cm³/mol. The molecule has 0 saturated carbocycles. The van der Waals surface area contributed by atoms with Crippen LogP contribution in [0.2, 0.25) is 0 Å². The smallest absolute Gasteiger partial charge is 0.161 e. The van der Waals surface area contributed by atoms with Gasteiger partial charge in [0.25, 0.3) is 0 Å². The van der Waals surface area contributed by atoms with Gasteiger partial charge in [-0.05, 0) is 25.1 Å². The molecule has 4 heteroatoms. The minimum Gasteiger partial charge on any atom is -0.395 e. The largest absolute Gasteiger partial charge is 0.395 e. The third-order valence-electron chi connectivity index (χ3n) is 2.40. The Hall–Kier alpha value is -1.68. The van der Waals surface area contributed by atoms with Crippen LogP contribution in [0.25, 0.3) is 0 Å². The van der Waals surface area contributed by atoms with Crippen molar-refractivity contribution in [3.05, 3.63) is 42.2 Å². The number of nitrogens with zero attached hydrogens (tertiary/aromatic N) is 1. The Balaban J connectivity index is 3.16. The van der Waals surface area contributed by atoms with Crippen LogP contribution in [-0.4, -0.2) is 30.6 Å². The molecule has 1 N–H and O–H groups in total. The van der Waals surface area contributed by atoms with Crippen molar-refractivity contribution in [3.63, 3.8) is 0 Å². The van der Waals surface area contributed by atoms with Crippen molar-refractivity contribution in [1.29, 1.82) is 0 Å². The van der Waals surface area contributed by atoms with Crippen LogP contribution < -0.4 is 4.90 Å². The number of carbonyl (C=O) groups is 1. The summed E-state index contributed by atoms with van der Waals surface area (Å²) >= 11 is 0. The minimum atomic E-state index is -0.443. The molecule has 0 bridgehead atoms. The van der Waals surface area contributed by atoms with E-state index >= 15 is 0 Å². The molecule has 0 aromatic heterocycles. The summed E-state index contributed by atoms with van der Waals surface area (Å²) in [5, 5.41) is 8.97. The number of anilines is 1. The number of aliphatic hydroxyl groups is 1. The van der Waals surface area contributed by atoms with Gasteiger partial charge in [0.1, 0.15) is 5.82 Å². The number of carbonyl (C=O) groups excluding carboxylic acids is 1. The van der Waals surface area contributed by atoms with Crippen molar-refractivity contribution in [2.24, 2.45) is 0 Å². The molecular weight excluding hydrogens is 221 g/mol. The van der Waals surface area contributed by atoms with Crippen LogP contribution in [0.15, 0.2) is 30.9 Å². The van der Waals surface area contributed by atoms with Gasteiger partial charge in [0.2, 0.25) is 0 Å². The molecule has 0 spiro atoms. The monoisotopic (exact) mass is 237 g/mol. The highest BCUT2D eigenvalue weighted by atomic mass is 19.1. The standard InChI is InChI=1S/C13H16FNO2/c1-3-6-15(7-8-16)13-5-4-11(14)9-12(13)10(2)17/h3-5,9,16H,1,6-8H2,2H3. The van der Waals surface area contributed by atoms with E-state index in [9.17, 15) is 9.18 Å². The first kappa shape index (κ1) is 13.4. The molecule has 0 aliphatic carbocycles. The van der Waals surface area contributed by atoms with Gasteiger partial charge < -0.3 is 10.0 Å². The lowest BCUT2D eigenvalue weighted by atomic mass is 10.1. The molecule has 0 aliphatic rings. The molecule has 17 heavy (non-hydrogen) atoms. The van der Waals surface area contributed by atoms with Crippen LogP contribution in [0.1, 0.15) is 17.3 Å². The average molecular weight is 237 g/mol. The molecule has 1 aromatic carbocycles. The van der Waals surface area contributed by atoms with Crippen LogP contribution in [0, 0.1) is 5.82 Å². The number of hydrogen-bond donors (Lipinski definition) is 1. The van der Waals surface area contributed by atoms with Crippen molar-refractivity contribution in [3.8, 4) is 0 Å². The summed E-state index contributed by atoms with van der Waals surface area (Å²) in [7, 11) is 0. The fourth-order valence-corrected chi connectivity index (χ4v) is 1.65. The topological polar surface area (TPSA) is 40.5 Å².